The van der Waals surface area contributed by atoms with Gasteiger partial charge in [0, 0.05) is 29.4 Å². The standard InChI is InChI=1S/C21H18ClN5O3S2/c22-15-3-2-14-8-21(31-18(14)9-15)32(29,30)27-6-5-26(20(28)12-27)11-13-1-4-16-17(7-13)24-10-19(23)25-16/h1-4,7-10H,5-6,11-12H2,(H2,23,25). The van der Waals surface area contributed by atoms with Gasteiger partial charge in [-0.15, -0.1) is 11.3 Å². The third kappa shape index (κ3) is 3.90. The molecule has 0 aliphatic carbocycles. The highest BCUT2D eigenvalue weighted by Gasteiger charge is 2.34. The number of benzene rings is 2. The van der Waals surface area contributed by atoms with Crippen molar-refractivity contribution >= 4 is 65.8 Å². The van der Waals surface area contributed by atoms with Crippen molar-refractivity contribution in [1.29, 1.82) is 0 Å². The number of nitrogens with two attached hydrogens (primary N) is 1. The quantitative estimate of drug-likeness (QED) is 0.473. The number of carbonyl (C=O) groups excluding carboxylic acids is 1. The van der Waals surface area contributed by atoms with Crippen LogP contribution >= 0.6 is 22.9 Å². The Morgan fingerprint density at radius 3 is 2.75 bits per heavy atom. The molecule has 2 N–H and O–H groups in total. The maximum absolute atomic E-state index is 13.1. The Morgan fingerprint density at radius 2 is 1.94 bits per heavy atom. The Balaban J connectivity index is 1.32. The number of nitrogen functional groups attached to an aromatic ring is 1. The van der Waals surface area contributed by atoms with Gasteiger partial charge in [-0.3, -0.25) is 9.78 Å². The van der Waals surface area contributed by atoms with Crippen molar-refractivity contribution in [1.82, 2.24) is 19.2 Å². The number of hydrogen-bond acceptors (Lipinski definition) is 7. The summed E-state index contributed by atoms with van der Waals surface area (Å²) in [7, 11) is -3.77. The highest BCUT2D eigenvalue weighted by atomic mass is 35.5. The number of aromatic nitrogens is 2. The fraction of sp³-hybridized carbons (Fsp3) is 0.190. The molecule has 8 nitrogen and oxygen atoms in total. The van der Waals surface area contributed by atoms with Crippen LogP contribution in [0.5, 0.6) is 0 Å². The minimum Gasteiger partial charge on any atom is -0.382 e. The zero-order chi connectivity index (χ0) is 22.5. The van der Waals surface area contributed by atoms with Gasteiger partial charge in [-0.2, -0.15) is 4.31 Å². The Bertz CT molecular complexity index is 1470. The number of piperazine rings is 1. The van der Waals surface area contributed by atoms with Crippen molar-refractivity contribution in [2.75, 3.05) is 25.4 Å². The zero-order valence-corrected chi connectivity index (χ0v) is 19.1. The molecule has 3 heterocycles. The van der Waals surface area contributed by atoms with E-state index in [2.05, 4.69) is 9.97 Å². The SMILES string of the molecule is Nc1cnc2cc(CN3CCN(S(=O)(=O)c4cc5ccc(Cl)cc5s4)CC3=O)ccc2n1. The molecule has 0 saturated carbocycles. The van der Waals surface area contributed by atoms with E-state index in [0.29, 0.717) is 35.0 Å². The number of hydrogen-bond donors (Lipinski definition) is 1. The van der Waals surface area contributed by atoms with Gasteiger partial charge >= 0.3 is 0 Å². The van der Waals surface area contributed by atoms with Gasteiger partial charge in [-0.25, -0.2) is 13.4 Å². The molecule has 0 unspecified atom stereocenters. The average molecular weight is 488 g/mol. The average Bonchev–Trinajstić information content (AvgIpc) is 3.19. The molecule has 2 aromatic heterocycles. The molecule has 4 aromatic rings. The minimum atomic E-state index is -3.77. The molecule has 2 aromatic carbocycles. The van der Waals surface area contributed by atoms with E-state index in [1.807, 2.05) is 18.2 Å². The molecular weight excluding hydrogens is 470 g/mol. The third-order valence-electron chi connectivity index (χ3n) is 5.34. The van der Waals surface area contributed by atoms with Crippen LogP contribution in [-0.4, -0.2) is 53.1 Å². The van der Waals surface area contributed by atoms with Gasteiger partial charge in [0.15, 0.2) is 0 Å². The van der Waals surface area contributed by atoms with Crippen molar-refractivity contribution in [3.63, 3.8) is 0 Å². The van der Waals surface area contributed by atoms with Gasteiger partial charge in [-0.05, 0) is 41.3 Å². The van der Waals surface area contributed by atoms with E-state index < -0.39 is 10.0 Å². The molecule has 11 heteroatoms. The van der Waals surface area contributed by atoms with Gasteiger partial charge in [0.2, 0.25) is 5.91 Å². The number of nitrogens with zero attached hydrogens (tertiary/aromatic N) is 4. The molecular formula is C21H18ClN5O3S2. The number of anilines is 1. The van der Waals surface area contributed by atoms with Crippen LogP contribution in [0.4, 0.5) is 5.82 Å². The number of sulfonamides is 1. The molecule has 1 aliphatic rings. The highest BCUT2D eigenvalue weighted by molar-refractivity contribution is 7.91. The van der Waals surface area contributed by atoms with Gasteiger partial charge < -0.3 is 10.6 Å². The Kier molecular flexibility index (Phi) is 5.25. The second-order valence-corrected chi connectivity index (χ2v) is 11.2. The summed E-state index contributed by atoms with van der Waals surface area (Å²) in [4.78, 5) is 22.9. The van der Waals surface area contributed by atoms with Crippen LogP contribution in [0.15, 0.2) is 52.9 Å². The maximum atomic E-state index is 13.1. The maximum Gasteiger partial charge on any atom is 0.253 e. The van der Waals surface area contributed by atoms with E-state index >= 15 is 0 Å². The second-order valence-electron chi connectivity index (χ2n) is 7.52. The largest absolute Gasteiger partial charge is 0.382 e. The number of halogens is 1. The van der Waals surface area contributed by atoms with Crippen LogP contribution in [0.2, 0.25) is 5.02 Å². The Labute approximate surface area is 193 Å². The van der Waals surface area contributed by atoms with Crippen LogP contribution < -0.4 is 5.73 Å². The number of rotatable bonds is 4. The van der Waals surface area contributed by atoms with E-state index in [0.717, 1.165) is 27.0 Å². The van der Waals surface area contributed by atoms with Gasteiger partial charge in [0.1, 0.15) is 10.0 Å². The smallest absolute Gasteiger partial charge is 0.253 e. The summed E-state index contributed by atoms with van der Waals surface area (Å²) in [6.07, 6.45) is 1.49. The lowest BCUT2D eigenvalue weighted by Gasteiger charge is -2.33. The fourth-order valence-electron chi connectivity index (χ4n) is 3.68. The molecule has 1 amide bonds. The van der Waals surface area contributed by atoms with E-state index in [-0.39, 0.29) is 23.2 Å². The number of fused-ring (bicyclic) bond motifs is 2. The van der Waals surface area contributed by atoms with Crippen molar-refractivity contribution in [3.05, 3.63) is 59.2 Å². The third-order valence-corrected chi connectivity index (χ3v) is 8.96. The van der Waals surface area contributed by atoms with Crippen LogP contribution in [0.25, 0.3) is 21.1 Å². The first-order chi connectivity index (χ1) is 15.3. The van der Waals surface area contributed by atoms with Crippen LogP contribution in [0.3, 0.4) is 0 Å². The monoisotopic (exact) mass is 487 g/mol. The normalized spacial score (nSPS) is 15.7. The first-order valence-corrected chi connectivity index (χ1v) is 12.4. The molecule has 1 aliphatic heterocycles. The Morgan fingerprint density at radius 1 is 1.09 bits per heavy atom. The van der Waals surface area contributed by atoms with Crippen LogP contribution in [0.1, 0.15) is 5.56 Å². The van der Waals surface area contributed by atoms with Gasteiger partial charge in [0.05, 0.1) is 23.8 Å². The summed E-state index contributed by atoms with van der Waals surface area (Å²) in [5.74, 6) is 0.104. The number of thiophene rings is 1. The predicted molar refractivity (Wildman–Crippen MR) is 125 cm³/mol. The minimum absolute atomic E-state index is 0.193. The summed E-state index contributed by atoms with van der Waals surface area (Å²) >= 11 is 7.17. The predicted octanol–water partition coefficient (Wildman–Crippen LogP) is 3.11. The Hall–Kier alpha value is -2.79. The molecule has 0 radical (unpaired) electrons. The topological polar surface area (TPSA) is 109 Å². The number of carbonyl (C=O) groups is 1. The van der Waals surface area contributed by atoms with Crippen molar-refractivity contribution < 1.29 is 13.2 Å². The molecule has 1 fully saturated rings. The molecule has 164 valence electrons. The van der Waals surface area contributed by atoms with E-state index in [9.17, 15) is 13.2 Å². The summed E-state index contributed by atoms with van der Waals surface area (Å²) in [5, 5.41) is 1.36. The lowest BCUT2D eigenvalue weighted by molar-refractivity contribution is -0.134. The van der Waals surface area contributed by atoms with Crippen LogP contribution in [0, 0.1) is 0 Å². The van der Waals surface area contributed by atoms with Gasteiger partial charge in [-0.1, -0.05) is 23.7 Å². The molecule has 0 bridgehead atoms. The van der Waals surface area contributed by atoms with Crippen LogP contribution in [-0.2, 0) is 21.4 Å². The van der Waals surface area contributed by atoms with E-state index in [1.165, 1.54) is 10.5 Å². The fourth-order valence-corrected chi connectivity index (χ4v) is 6.89. The molecule has 32 heavy (non-hydrogen) atoms. The summed E-state index contributed by atoms with van der Waals surface area (Å²) in [5.41, 5.74) is 7.93. The van der Waals surface area contributed by atoms with Gasteiger partial charge in [0.25, 0.3) is 10.0 Å². The summed E-state index contributed by atoms with van der Waals surface area (Å²) in [6, 6.07) is 12.4. The molecule has 1 saturated heterocycles. The van der Waals surface area contributed by atoms with E-state index in [4.69, 9.17) is 17.3 Å². The molecule has 0 atom stereocenters. The summed E-state index contributed by atoms with van der Waals surface area (Å²) in [6.45, 7) is 0.713. The first-order valence-electron chi connectivity index (χ1n) is 9.78. The highest BCUT2D eigenvalue weighted by Crippen LogP contribution is 2.33. The second kappa shape index (κ2) is 7.96. The zero-order valence-electron chi connectivity index (χ0n) is 16.7. The number of amides is 1. The lowest BCUT2D eigenvalue weighted by atomic mass is 10.1. The molecule has 0 spiro atoms. The van der Waals surface area contributed by atoms with Crippen molar-refractivity contribution in [2.45, 2.75) is 10.8 Å². The van der Waals surface area contributed by atoms with Crippen molar-refractivity contribution in [3.8, 4) is 0 Å². The lowest BCUT2D eigenvalue weighted by Crippen LogP contribution is -2.51. The molecule has 5 rings (SSSR count). The summed E-state index contributed by atoms with van der Waals surface area (Å²) < 4.78 is 28.5. The first kappa shape index (κ1) is 21.1. The van der Waals surface area contributed by atoms with E-state index in [1.54, 1.807) is 29.2 Å². The van der Waals surface area contributed by atoms with Crippen molar-refractivity contribution in [2.24, 2.45) is 0 Å².